The van der Waals surface area contributed by atoms with Gasteiger partial charge >= 0.3 is 0 Å². The van der Waals surface area contributed by atoms with Crippen LogP contribution in [0.1, 0.15) is 33.6 Å². The number of β-amino-alcohol motifs (C(OH)–C–C–N with tert-alkyl or cyclic N) is 1. The zero-order valence-corrected chi connectivity index (χ0v) is 11.0. The second-order valence-electron chi connectivity index (χ2n) is 4.99. The molecular weight excluding hydrogens is 228 g/mol. The number of rotatable bonds is 6. The van der Waals surface area contributed by atoms with E-state index in [-0.39, 0.29) is 19.0 Å². The first kappa shape index (κ1) is 13.9. The molecule has 1 heterocycles. The predicted octanol–water partition coefficient (Wildman–Crippen LogP) is 0.324. The Balaban J connectivity index is 2.44. The summed E-state index contributed by atoms with van der Waals surface area (Å²) < 4.78 is 27.2. The van der Waals surface area contributed by atoms with Gasteiger partial charge in [0.1, 0.15) is 0 Å². The molecule has 0 aromatic heterocycles. The number of aliphatic hydroxyl groups is 1. The average Bonchev–Trinajstić information content (AvgIpc) is 2.11. The van der Waals surface area contributed by atoms with Gasteiger partial charge in [0.25, 0.3) is 10.2 Å². The molecule has 6 heteroatoms. The summed E-state index contributed by atoms with van der Waals surface area (Å²) >= 11 is 0. The molecule has 0 bridgehead atoms. The fourth-order valence-corrected chi connectivity index (χ4v) is 3.31. The molecule has 0 unspecified atom stereocenters. The minimum atomic E-state index is -3.38. The van der Waals surface area contributed by atoms with Gasteiger partial charge in [-0.2, -0.15) is 12.7 Å². The Morgan fingerprint density at radius 3 is 2.44 bits per heavy atom. The van der Waals surface area contributed by atoms with Crippen molar-refractivity contribution in [2.24, 2.45) is 5.92 Å². The lowest BCUT2D eigenvalue weighted by atomic mass is 9.92. The van der Waals surface area contributed by atoms with Gasteiger partial charge in [-0.3, -0.25) is 0 Å². The number of nitrogens with zero attached hydrogens (tertiary/aromatic N) is 1. The third-order valence-corrected chi connectivity index (χ3v) is 4.14. The van der Waals surface area contributed by atoms with Gasteiger partial charge in [0.2, 0.25) is 0 Å². The molecular formula is C10H22N2O3S. The molecule has 1 rings (SSSR count). The number of hydrogen-bond donors (Lipinski definition) is 2. The van der Waals surface area contributed by atoms with E-state index in [1.54, 1.807) is 0 Å². The van der Waals surface area contributed by atoms with Crippen LogP contribution >= 0.6 is 0 Å². The Labute approximate surface area is 98.0 Å². The first-order valence-electron chi connectivity index (χ1n) is 5.76. The summed E-state index contributed by atoms with van der Waals surface area (Å²) in [7, 11) is -3.38. The Morgan fingerprint density at radius 2 is 2.00 bits per heavy atom. The molecule has 96 valence electrons. The van der Waals surface area contributed by atoms with E-state index in [1.165, 1.54) is 4.31 Å². The van der Waals surface area contributed by atoms with Crippen LogP contribution < -0.4 is 4.72 Å². The molecule has 0 spiro atoms. The van der Waals surface area contributed by atoms with Gasteiger partial charge < -0.3 is 5.11 Å². The Bertz CT molecular complexity index is 321. The van der Waals surface area contributed by atoms with Crippen LogP contribution in [0.5, 0.6) is 0 Å². The van der Waals surface area contributed by atoms with E-state index in [1.807, 2.05) is 20.8 Å². The predicted molar refractivity (Wildman–Crippen MR) is 63.2 cm³/mol. The molecule has 0 aromatic carbocycles. The van der Waals surface area contributed by atoms with Gasteiger partial charge in [0.15, 0.2) is 0 Å². The van der Waals surface area contributed by atoms with Crippen LogP contribution in [0, 0.1) is 5.92 Å². The van der Waals surface area contributed by atoms with Gasteiger partial charge in [-0.15, -0.1) is 0 Å². The molecule has 0 aromatic rings. The van der Waals surface area contributed by atoms with Gasteiger partial charge in [0, 0.05) is 19.6 Å². The van der Waals surface area contributed by atoms with Gasteiger partial charge in [0.05, 0.1) is 5.60 Å². The summed E-state index contributed by atoms with van der Waals surface area (Å²) in [5.74, 6) is 0.283. The van der Waals surface area contributed by atoms with Crippen LogP contribution in [0.3, 0.4) is 0 Å². The lowest BCUT2D eigenvalue weighted by molar-refractivity contribution is -0.0658. The summed E-state index contributed by atoms with van der Waals surface area (Å²) in [5, 5.41) is 9.89. The molecule has 0 aliphatic carbocycles. The lowest BCUT2D eigenvalue weighted by Crippen LogP contribution is -2.65. The fraction of sp³-hybridized carbons (Fsp3) is 1.00. The van der Waals surface area contributed by atoms with E-state index in [0.29, 0.717) is 13.0 Å². The molecule has 1 fully saturated rings. The number of nitrogens with one attached hydrogen (secondary N) is 1. The van der Waals surface area contributed by atoms with Crippen LogP contribution in [0.4, 0.5) is 0 Å². The van der Waals surface area contributed by atoms with Crippen molar-refractivity contribution < 1.29 is 13.5 Å². The molecule has 1 aliphatic rings. The Morgan fingerprint density at radius 1 is 1.44 bits per heavy atom. The van der Waals surface area contributed by atoms with E-state index in [4.69, 9.17) is 0 Å². The van der Waals surface area contributed by atoms with Crippen molar-refractivity contribution in [3.63, 3.8) is 0 Å². The third-order valence-electron chi connectivity index (χ3n) is 2.67. The van der Waals surface area contributed by atoms with Crippen LogP contribution in [0.15, 0.2) is 0 Å². The summed E-state index contributed by atoms with van der Waals surface area (Å²) in [5.41, 5.74) is -0.804. The highest BCUT2D eigenvalue weighted by Crippen LogP contribution is 2.27. The molecule has 5 nitrogen and oxygen atoms in total. The van der Waals surface area contributed by atoms with Crippen molar-refractivity contribution in [3.05, 3.63) is 0 Å². The van der Waals surface area contributed by atoms with E-state index in [0.717, 1.165) is 6.42 Å². The molecule has 0 saturated carbocycles. The maximum Gasteiger partial charge on any atom is 0.279 e. The molecule has 2 N–H and O–H groups in total. The second kappa shape index (κ2) is 5.00. The van der Waals surface area contributed by atoms with Crippen LogP contribution in [0.2, 0.25) is 0 Å². The van der Waals surface area contributed by atoms with Gasteiger partial charge in [-0.05, 0) is 12.3 Å². The number of hydrogen-bond acceptors (Lipinski definition) is 3. The highest BCUT2D eigenvalue weighted by molar-refractivity contribution is 7.87. The molecule has 0 radical (unpaired) electrons. The smallest absolute Gasteiger partial charge is 0.279 e. The molecule has 0 amide bonds. The maximum absolute atomic E-state index is 11.7. The second-order valence-corrected chi connectivity index (χ2v) is 6.74. The van der Waals surface area contributed by atoms with E-state index >= 15 is 0 Å². The maximum atomic E-state index is 11.7. The molecule has 1 saturated heterocycles. The van der Waals surface area contributed by atoms with Crippen molar-refractivity contribution >= 4 is 10.2 Å². The van der Waals surface area contributed by atoms with E-state index in [9.17, 15) is 13.5 Å². The van der Waals surface area contributed by atoms with Crippen molar-refractivity contribution in [1.29, 1.82) is 0 Å². The minimum absolute atomic E-state index is 0.217. The first-order chi connectivity index (χ1) is 7.29. The summed E-state index contributed by atoms with van der Waals surface area (Å²) in [6.45, 7) is 6.75. The van der Waals surface area contributed by atoms with E-state index < -0.39 is 15.8 Å². The van der Waals surface area contributed by atoms with Crippen molar-refractivity contribution in [2.75, 3.05) is 19.6 Å². The average molecular weight is 250 g/mol. The van der Waals surface area contributed by atoms with Crippen molar-refractivity contribution in [3.8, 4) is 0 Å². The summed E-state index contributed by atoms with van der Waals surface area (Å²) in [6, 6.07) is 0. The third kappa shape index (κ3) is 3.41. The highest BCUT2D eigenvalue weighted by atomic mass is 32.2. The summed E-state index contributed by atoms with van der Waals surface area (Å²) in [4.78, 5) is 0. The topological polar surface area (TPSA) is 69.6 Å². The Kier molecular flexibility index (Phi) is 4.34. The fourth-order valence-electron chi connectivity index (χ4n) is 1.77. The molecule has 0 atom stereocenters. The minimum Gasteiger partial charge on any atom is -0.387 e. The molecule has 1 aliphatic heterocycles. The standard InChI is InChI=1S/C10H22N2O3S/c1-4-5-10(13)7-12(8-10)16(14,15)11-6-9(2)3/h9,11,13H,4-8H2,1-3H3. The largest absolute Gasteiger partial charge is 0.387 e. The highest BCUT2D eigenvalue weighted by Gasteiger charge is 2.45. The quantitative estimate of drug-likeness (QED) is 0.713. The zero-order chi connectivity index (χ0) is 12.4. The van der Waals surface area contributed by atoms with Crippen molar-refractivity contribution in [2.45, 2.75) is 39.2 Å². The Hall–Kier alpha value is -0.170. The SMILES string of the molecule is CCCC1(O)CN(S(=O)(=O)NCC(C)C)C1. The zero-order valence-electron chi connectivity index (χ0n) is 10.2. The van der Waals surface area contributed by atoms with Gasteiger partial charge in [-0.1, -0.05) is 27.2 Å². The van der Waals surface area contributed by atoms with Gasteiger partial charge in [-0.25, -0.2) is 4.72 Å². The first-order valence-corrected chi connectivity index (χ1v) is 7.20. The van der Waals surface area contributed by atoms with Crippen LogP contribution in [0.25, 0.3) is 0 Å². The van der Waals surface area contributed by atoms with Crippen LogP contribution in [-0.2, 0) is 10.2 Å². The van der Waals surface area contributed by atoms with E-state index in [2.05, 4.69) is 4.72 Å². The van der Waals surface area contributed by atoms with Crippen LogP contribution in [-0.4, -0.2) is 43.1 Å². The van der Waals surface area contributed by atoms with Crippen molar-refractivity contribution in [1.82, 2.24) is 9.03 Å². The monoisotopic (exact) mass is 250 g/mol. The lowest BCUT2D eigenvalue weighted by Gasteiger charge is -2.45. The normalized spacial score (nSPS) is 21.1. The molecule has 16 heavy (non-hydrogen) atoms. The summed E-state index contributed by atoms with van der Waals surface area (Å²) in [6.07, 6.45) is 1.52.